The predicted molar refractivity (Wildman–Crippen MR) is 125 cm³/mol. The summed E-state index contributed by atoms with van der Waals surface area (Å²) in [5.41, 5.74) is 8.35. The number of piperazine rings is 1. The average Bonchev–Trinajstić information content (AvgIpc) is 2.67. The van der Waals surface area contributed by atoms with Crippen molar-refractivity contribution in [1.29, 1.82) is 0 Å². The molecule has 5 nitrogen and oxygen atoms in total. The number of nitrogens with zero attached hydrogens (tertiary/aromatic N) is 3. The molecular formula is C21H30IN5. The van der Waals surface area contributed by atoms with Gasteiger partial charge in [-0.05, 0) is 31.2 Å². The molecule has 0 amide bonds. The van der Waals surface area contributed by atoms with Crippen molar-refractivity contribution in [3.05, 3.63) is 66.2 Å². The highest BCUT2D eigenvalue weighted by Crippen LogP contribution is 2.24. The Kier molecular flexibility index (Phi) is 9.03. The molecule has 0 aliphatic carbocycles. The molecule has 0 spiro atoms. The molecule has 1 saturated heterocycles. The minimum atomic E-state index is 0. The van der Waals surface area contributed by atoms with E-state index in [1.54, 1.807) is 0 Å². The van der Waals surface area contributed by atoms with E-state index in [9.17, 15) is 0 Å². The first-order chi connectivity index (χ1) is 12.7. The van der Waals surface area contributed by atoms with E-state index in [4.69, 9.17) is 5.73 Å². The zero-order chi connectivity index (χ0) is 18.2. The number of likely N-dealkylation sites (N-methyl/N-ethyl adjacent to an activating group) is 1. The number of nitrogens with one attached hydrogen (secondary N) is 1. The minimum Gasteiger partial charge on any atom is -0.370 e. The van der Waals surface area contributed by atoms with Gasteiger partial charge in [-0.15, -0.1) is 24.0 Å². The molecular weight excluding hydrogens is 449 g/mol. The van der Waals surface area contributed by atoms with Crippen molar-refractivity contribution >= 4 is 35.6 Å². The molecule has 6 heteroatoms. The van der Waals surface area contributed by atoms with Crippen LogP contribution in [0.2, 0.25) is 0 Å². The first kappa shape index (κ1) is 21.7. The number of guanidine groups is 1. The second-order valence-electron chi connectivity index (χ2n) is 6.84. The van der Waals surface area contributed by atoms with Gasteiger partial charge in [0, 0.05) is 44.5 Å². The number of halogens is 1. The lowest BCUT2D eigenvalue weighted by molar-refractivity contribution is 0.0894. The van der Waals surface area contributed by atoms with Crippen LogP contribution in [-0.4, -0.2) is 55.5 Å². The molecule has 1 aliphatic heterocycles. The fourth-order valence-corrected chi connectivity index (χ4v) is 3.40. The zero-order valence-corrected chi connectivity index (χ0v) is 18.3. The van der Waals surface area contributed by atoms with Crippen LogP contribution in [0.1, 0.15) is 18.0 Å². The molecule has 1 atom stereocenters. The van der Waals surface area contributed by atoms with Crippen LogP contribution in [0.5, 0.6) is 0 Å². The lowest BCUT2D eigenvalue weighted by Crippen LogP contribution is -2.47. The molecule has 0 radical (unpaired) electrons. The molecule has 27 heavy (non-hydrogen) atoms. The van der Waals surface area contributed by atoms with Crippen molar-refractivity contribution in [3.63, 3.8) is 0 Å². The average molecular weight is 479 g/mol. The third-order valence-corrected chi connectivity index (χ3v) is 4.81. The van der Waals surface area contributed by atoms with Crippen molar-refractivity contribution in [2.24, 2.45) is 10.7 Å². The van der Waals surface area contributed by atoms with Crippen LogP contribution in [-0.2, 0) is 0 Å². The predicted octanol–water partition coefficient (Wildman–Crippen LogP) is 3.41. The summed E-state index contributed by atoms with van der Waals surface area (Å²) in [6.07, 6.45) is 1.00. The van der Waals surface area contributed by atoms with Crippen molar-refractivity contribution in [3.8, 4) is 0 Å². The highest BCUT2D eigenvalue weighted by Gasteiger charge is 2.25. The van der Waals surface area contributed by atoms with Crippen LogP contribution in [0.3, 0.4) is 0 Å². The Morgan fingerprint density at radius 1 is 1.07 bits per heavy atom. The zero-order valence-electron chi connectivity index (χ0n) is 15.9. The fourth-order valence-electron chi connectivity index (χ4n) is 3.40. The fraction of sp³-hybridized carbons (Fsp3) is 0.381. The number of anilines is 1. The monoisotopic (exact) mass is 479 g/mol. The Bertz CT molecular complexity index is 692. The Labute approximate surface area is 179 Å². The third kappa shape index (κ3) is 6.79. The number of nitrogens with two attached hydrogens (primary N) is 1. The molecule has 1 aliphatic rings. The molecule has 0 saturated carbocycles. The topological polar surface area (TPSA) is 56.9 Å². The number of rotatable bonds is 6. The van der Waals surface area contributed by atoms with Crippen LogP contribution in [0.15, 0.2) is 65.7 Å². The second-order valence-corrected chi connectivity index (χ2v) is 6.84. The maximum absolute atomic E-state index is 5.98. The molecule has 0 bridgehead atoms. The van der Waals surface area contributed by atoms with Gasteiger partial charge in [-0.2, -0.15) is 0 Å². The van der Waals surface area contributed by atoms with Crippen LogP contribution in [0, 0.1) is 0 Å². The highest BCUT2D eigenvalue weighted by molar-refractivity contribution is 14.0. The molecule has 1 fully saturated rings. The maximum Gasteiger partial charge on any atom is 0.193 e. The molecule has 1 heterocycles. The lowest BCUT2D eigenvalue weighted by atomic mass is 10.0. The Morgan fingerprint density at radius 2 is 1.74 bits per heavy atom. The van der Waals surface area contributed by atoms with E-state index in [-0.39, 0.29) is 24.0 Å². The summed E-state index contributed by atoms with van der Waals surface area (Å²) in [5.74, 6) is 0.481. The van der Waals surface area contributed by atoms with E-state index < -0.39 is 0 Å². The molecule has 3 rings (SSSR count). The van der Waals surface area contributed by atoms with Gasteiger partial charge in [0.15, 0.2) is 5.96 Å². The number of aliphatic imine (C=N–C) groups is 1. The largest absolute Gasteiger partial charge is 0.370 e. The molecule has 3 N–H and O–H groups in total. The van der Waals surface area contributed by atoms with Crippen LogP contribution < -0.4 is 11.1 Å². The van der Waals surface area contributed by atoms with Crippen LogP contribution >= 0.6 is 24.0 Å². The summed E-state index contributed by atoms with van der Waals surface area (Å²) in [5, 5.41) is 3.13. The van der Waals surface area contributed by atoms with E-state index >= 15 is 0 Å². The maximum atomic E-state index is 5.98. The smallest absolute Gasteiger partial charge is 0.193 e. The van der Waals surface area contributed by atoms with Crippen molar-refractivity contribution < 1.29 is 0 Å². The Morgan fingerprint density at radius 3 is 2.44 bits per heavy atom. The first-order valence-electron chi connectivity index (χ1n) is 9.32. The summed E-state index contributed by atoms with van der Waals surface area (Å²) in [6.45, 7) is 5.06. The Balaban J connectivity index is 0.00000261. The summed E-state index contributed by atoms with van der Waals surface area (Å²) in [6, 6.07) is 21.2. The van der Waals surface area contributed by atoms with E-state index in [2.05, 4.69) is 57.5 Å². The number of hydrogen-bond acceptors (Lipinski definition) is 3. The van der Waals surface area contributed by atoms with Gasteiger partial charge in [0.25, 0.3) is 0 Å². The Hall–Kier alpha value is -1.64. The van der Waals surface area contributed by atoms with Gasteiger partial charge in [-0.3, -0.25) is 9.89 Å². The van der Waals surface area contributed by atoms with Crippen LogP contribution in [0.4, 0.5) is 5.69 Å². The molecule has 146 valence electrons. The summed E-state index contributed by atoms with van der Waals surface area (Å²) < 4.78 is 0. The molecule has 0 aromatic heterocycles. The molecule has 1 unspecified atom stereocenters. The molecule has 2 aromatic rings. The van der Waals surface area contributed by atoms with Gasteiger partial charge in [-0.25, -0.2) is 0 Å². The standard InChI is InChI=1S/C21H29N5.HI/c1-25-15-16-26(20(17-25)18-9-4-2-5-10-18)14-8-13-23-21(22)24-19-11-6-3-7-12-19;/h2-7,9-12,20H,8,13-17H2,1H3,(H3,22,23,24);1H. The van der Waals surface area contributed by atoms with Gasteiger partial charge in [0.1, 0.15) is 0 Å². The van der Waals surface area contributed by atoms with E-state index in [1.807, 2.05) is 30.3 Å². The van der Waals surface area contributed by atoms with Crippen molar-refractivity contribution in [1.82, 2.24) is 9.80 Å². The third-order valence-electron chi connectivity index (χ3n) is 4.81. The van der Waals surface area contributed by atoms with Crippen LogP contribution in [0.25, 0.3) is 0 Å². The SMILES string of the molecule is CN1CCN(CCCN=C(N)Nc2ccccc2)C(c2ccccc2)C1.I. The highest BCUT2D eigenvalue weighted by atomic mass is 127. The van der Waals surface area contributed by atoms with Gasteiger partial charge in [0.2, 0.25) is 0 Å². The summed E-state index contributed by atoms with van der Waals surface area (Å²) in [7, 11) is 2.20. The quantitative estimate of drug-likeness (QED) is 0.289. The second kappa shape index (κ2) is 11.3. The number of benzene rings is 2. The normalized spacial score (nSPS) is 18.7. The summed E-state index contributed by atoms with van der Waals surface area (Å²) >= 11 is 0. The number of hydrogen-bond donors (Lipinski definition) is 2. The number of para-hydroxylation sites is 1. The first-order valence-corrected chi connectivity index (χ1v) is 9.32. The van der Waals surface area contributed by atoms with E-state index in [0.717, 1.165) is 44.8 Å². The van der Waals surface area contributed by atoms with E-state index in [0.29, 0.717) is 12.0 Å². The van der Waals surface area contributed by atoms with Gasteiger partial charge in [0.05, 0.1) is 0 Å². The van der Waals surface area contributed by atoms with Gasteiger partial charge < -0.3 is 16.0 Å². The molecule has 2 aromatic carbocycles. The van der Waals surface area contributed by atoms with Gasteiger partial charge >= 0.3 is 0 Å². The lowest BCUT2D eigenvalue weighted by Gasteiger charge is -2.40. The minimum absolute atomic E-state index is 0. The van der Waals surface area contributed by atoms with Crippen molar-refractivity contribution in [2.45, 2.75) is 12.5 Å². The van der Waals surface area contributed by atoms with E-state index in [1.165, 1.54) is 5.56 Å². The van der Waals surface area contributed by atoms with Crippen molar-refractivity contribution in [2.75, 3.05) is 45.1 Å². The van der Waals surface area contributed by atoms with Gasteiger partial charge in [-0.1, -0.05) is 48.5 Å². The summed E-state index contributed by atoms with van der Waals surface area (Å²) in [4.78, 5) is 9.45.